The highest BCUT2D eigenvalue weighted by Gasteiger charge is 2.48. The van der Waals surface area contributed by atoms with E-state index in [0.717, 1.165) is 18.9 Å². The van der Waals surface area contributed by atoms with Gasteiger partial charge >= 0.3 is 0 Å². The van der Waals surface area contributed by atoms with Crippen LogP contribution in [0.2, 0.25) is 0 Å². The molecule has 4 nitrogen and oxygen atoms in total. The van der Waals surface area contributed by atoms with E-state index in [-0.39, 0.29) is 10.8 Å². The van der Waals surface area contributed by atoms with Gasteiger partial charge in [-0.1, -0.05) is 34.6 Å². The van der Waals surface area contributed by atoms with Crippen LogP contribution in [-0.2, 0) is 4.74 Å². The van der Waals surface area contributed by atoms with Crippen LogP contribution >= 0.6 is 0 Å². The quantitative estimate of drug-likeness (QED) is 0.599. The Labute approximate surface area is 112 Å². The molecule has 1 aliphatic rings. The Hall–Kier alpha value is -0.770. The molecule has 2 N–H and O–H groups in total. The van der Waals surface area contributed by atoms with Crippen LogP contribution < -0.4 is 10.6 Å². The monoisotopic (exact) mass is 255 g/mol. The standard InChI is InChI=1S/C14H29N3O/c1-13(2,3)9-16-12(15-6)17-10-8-11(18-7)14(10,4)5/h10-11H,8-9H2,1-7H3,(H2,15,16,17). The van der Waals surface area contributed by atoms with Gasteiger partial charge in [-0.2, -0.15) is 0 Å². The third-order valence-electron chi connectivity index (χ3n) is 3.78. The van der Waals surface area contributed by atoms with Crippen molar-refractivity contribution in [2.24, 2.45) is 15.8 Å². The van der Waals surface area contributed by atoms with Gasteiger partial charge in [0.1, 0.15) is 0 Å². The van der Waals surface area contributed by atoms with Gasteiger partial charge in [0.25, 0.3) is 0 Å². The normalized spacial score (nSPS) is 27.6. The average Bonchev–Trinajstić information content (AvgIpc) is 2.26. The molecular formula is C14H29N3O. The first-order chi connectivity index (χ1) is 8.20. The highest BCUT2D eigenvalue weighted by Crippen LogP contribution is 2.42. The Morgan fingerprint density at radius 1 is 1.39 bits per heavy atom. The van der Waals surface area contributed by atoms with Gasteiger partial charge in [-0.25, -0.2) is 0 Å². The Kier molecular flexibility index (Phi) is 4.65. The van der Waals surface area contributed by atoms with Gasteiger partial charge < -0.3 is 15.4 Å². The number of guanidine groups is 1. The van der Waals surface area contributed by atoms with E-state index in [4.69, 9.17) is 4.74 Å². The van der Waals surface area contributed by atoms with Crippen molar-refractivity contribution >= 4 is 5.96 Å². The van der Waals surface area contributed by atoms with Gasteiger partial charge in [0.05, 0.1) is 6.10 Å². The van der Waals surface area contributed by atoms with Crippen molar-refractivity contribution in [1.29, 1.82) is 0 Å². The molecule has 0 radical (unpaired) electrons. The molecule has 0 spiro atoms. The topological polar surface area (TPSA) is 45.7 Å². The van der Waals surface area contributed by atoms with E-state index in [9.17, 15) is 0 Å². The summed E-state index contributed by atoms with van der Waals surface area (Å²) in [6.45, 7) is 12.0. The Bertz CT molecular complexity index is 305. The molecule has 0 aliphatic heterocycles. The third kappa shape index (κ3) is 3.61. The fraction of sp³-hybridized carbons (Fsp3) is 0.929. The molecule has 0 heterocycles. The Balaban J connectivity index is 2.47. The lowest BCUT2D eigenvalue weighted by atomic mass is 9.64. The summed E-state index contributed by atoms with van der Waals surface area (Å²) in [5, 5.41) is 6.87. The minimum atomic E-state index is 0.161. The fourth-order valence-electron chi connectivity index (χ4n) is 2.24. The van der Waals surface area contributed by atoms with Crippen molar-refractivity contribution < 1.29 is 4.74 Å². The van der Waals surface area contributed by atoms with Gasteiger partial charge in [0.2, 0.25) is 0 Å². The number of hydrogen-bond donors (Lipinski definition) is 2. The smallest absolute Gasteiger partial charge is 0.191 e. The summed E-state index contributed by atoms with van der Waals surface area (Å²) in [5.74, 6) is 0.887. The number of nitrogens with zero attached hydrogens (tertiary/aromatic N) is 1. The summed E-state index contributed by atoms with van der Waals surface area (Å²) < 4.78 is 5.46. The van der Waals surface area contributed by atoms with Crippen molar-refractivity contribution in [2.75, 3.05) is 20.7 Å². The summed E-state index contributed by atoms with van der Waals surface area (Å²) in [5.41, 5.74) is 0.413. The van der Waals surface area contributed by atoms with Gasteiger partial charge in [-0.05, 0) is 11.8 Å². The molecule has 1 aliphatic carbocycles. The lowest BCUT2D eigenvalue weighted by Gasteiger charge is -2.51. The number of nitrogens with one attached hydrogen (secondary N) is 2. The molecule has 106 valence electrons. The summed E-state index contributed by atoms with van der Waals surface area (Å²) in [6.07, 6.45) is 1.38. The first-order valence-corrected chi connectivity index (χ1v) is 6.70. The molecule has 0 aromatic heterocycles. The van der Waals surface area contributed by atoms with Gasteiger partial charge in [0, 0.05) is 32.2 Å². The average molecular weight is 255 g/mol. The molecule has 1 rings (SSSR count). The summed E-state index contributed by atoms with van der Waals surface area (Å²) in [7, 11) is 3.60. The zero-order chi connectivity index (χ0) is 14.0. The van der Waals surface area contributed by atoms with Crippen LogP contribution in [0.15, 0.2) is 4.99 Å². The second-order valence-corrected chi connectivity index (χ2v) is 6.96. The Morgan fingerprint density at radius 3 is 2.39 bits per heavy atom. The number of ether oxygens (including phenoxy) is 1. The molecule has 0 aromatic carbocycles. The second kappa shape index (κ2) is 5.47. The number of methoxy groups -OCH3 is 1. The molecule has 0 bridgehead atoms. The molecule has 0 amide bonds. The van der Waals surface area contributed by atoms with E-state index >= 15 is 0 Å². The second-order valence-electron chi connectivity index (χ2n) is 6.96. The van der Waals surface area contributed by atoms with Crippen molar-refractivity contribution in [1.82, 2.24) is 10.6 Å². The van der Waals surface area contributed by atoms with Crippen LogP contribution in [0.5, 0.6) is 0 Å². The van der Waals surface area contributed by atoms with E-state index in [2.05, 4.69) is 50.2 Å². The van der Waals surface area contributed by atoms with E-state index in [1.165, 1.54) is 0 Å². The highest BCUT2D eigenvalue weighted by atomic mass is 16.5. The zero-order valence-corrected chi connectivity index (χ0v) is 12.9. The predicted octanol–water partition coefficient (Wildman–Crippen LogP) is 2.01. The molecular weight excluding hydrogens is 226 g/mol. The number of rotatable bonds is 3. The van der Waals surface area contributed by atoms with Crippen LogP contribution in [0, 0.1) is 10.8 Å². The van der Waals surface area contributed by atoms with E-state index < -0.39 is 0 Å². The minimum Gasteiger partial charge on any atom is -0.381 e. The van der Waals surface area contributed by atoms with Gasteiger partial charge in [-0.3, -0.25) is 4.99 Å². The molecule has 2 atom stereocenters. The van der Waals surface area contributed by atoms with Crippen LogP contribution in [0.25, 0.3) is 0 Å². The fourth-order valence-corrected chi connectivity index (χ4v) is 2.24. The number of hydrogen-bond acceptors (Lipinski definition) is 2. The van der Waals surface area contributed by atoms with Crippen molar-refractivity contribution in [3.8, 4) is 0 Å². The minimum absolute atomic E-state index is 0.161. The van der Waals surface area contributed by atoms with Gasteiger partial charge in [0.15, 0.2) is 5.96 Å². The summed E-state index contributed by atoms with van der Waals surface area (Å²) >= 11 is 0. The van der Waals surface area contributed by atoms with Crippen molar-refractivity contribution in [3.63, 3.8) is 0 Å². The lowest BCUT2D eigenvalue weighted by Crippen LogP contribution is -2.63. The van der Waals surface area contributed by atoms with Gasteiger partial charge in [-0.15, -0.1) is 0 Å². The van der Waals surface area contributed by atoms with E-state index in [0.29, 0.717) is 12.1 Å². The SMILES string of the molecule is CN=C(NCC(C)(C)C)NC1CC(OC)C1(C)C. The number of aliphatic imine (C=N–C) groups is 1. The van der Waals surface area contributed by atoms with E-state index in [1.807, 2.05) is 7.05 Å². The molecule has 18 heavy (non-hydrogen) atoms. The molecule has 1 fully saturated rings. The third-order valence-corrected chi connectivity index (χ3v) is 3.78. The molecule has 0 aromatic rings. The first-order valence-electron chi connectivity index (χ1n) is 6.70. The summed E-state index contributed by atoms with van der Waals surface area (Å²) in [6, 6.07) is 0.425. The Morgan fingerprint density at radius 2 is 2.00 bits per heavy atom. The first kappa shape index (κ1) is 15.3. The highest BCUT2D eigenvalue weighted by molar-refractivity contribution is 5.80. The largest absolute Gasteiger partial charge is 0.381 e. The zero-order valence-electron chi connectivity index (χ0n) is 12.9. The van der Waals surface area contributed by atoms with Crippen LogP contribution in [0.1, 0.15) is 41.0 Å². The predicted molar refractivity (Wildman–Crippen MR) is 76.9 cm³/mol. The molecule has 2 unspecified atom stereocenters. The maximum atomic E-state index is 5.46. The molecule has 1 saturated carbocycles. The van der Waals surface area contributed by atoms with Crippen molar-refractivity contribution in [2.45, 2.75) is 53.2 Å². The van der Waals surface area contributed by atoms with Crippen molar-refractivity contribution in [3.05, 3.63) is 0 Å². The summed E-state index contributed by atoms with van der Waals surface area (Å²) in [4.78, 5) is 4.28. The van der Waals surface area contributed by atoms with Crippen LogP contribution in [0.4, 0.5) is 0 Å². The molecule has 0 saturated heterocycles. The van der Waals surface area contributed by atoms with Crippen LogP contribution in [-0.4, -0.2) is 38.8 Å². The lowest BCUT2D eigenvalue weighted by molar-refractivity contribution is -0.0922. The maximum absolute atomic E-state index is 5.46. The van der Waals surface area contributed by atoms with E-state index in [1.54, 1.807) is 7.11 Å². The maximum Gasteiger partial charge on any atom is 0.191 e. The molecule has 4 heteroatoms. The van der Waals surface area contributed by atoms with Crippen LogP contribution in [0.3, 0.4) is 0 Å².